The van der Waals surface area contributed by atoms with Crippen LogP contribution in [0.1, 0.15) is 30.3 Å². The molecule has 0 aliphatic rings. The summed E-state index contributed by atoms with van der Waals surface area (Å²) in [6, 6.07) is 17.0. The van der Waals surface area contributed by atoms with Crippen molar-refractivity contribution in [2.45, 2.75) is 33.6 Å². The zero-order chi connectivity index (χ0) is 20.6. The van der Waals surface area contributed by atoms with Crippen molar-refractivity contribution in [3.05, 3.63) is 71.5 Å². The molecule has 6 nitrogen and oxygen atoms in total. The molecule has 0 atom stereocenters. The van der Waals surface area contributed by atoms with Crippen LogP contribution in [0, 0.1) is 13.8 Å². The minimum atomic E-state index is -0.228. The standard InChI is InChI=1S/C23H25N3O3/c1-4-5-18-6-10-20(11-7-18)28-15-22(27)26-19-8-12-21(13-9-19)29-23-24-16(2)14-17(3)25-23/h6-14H,4-5,15H2,1-3H3,(H,26,27). The maximum atomic E-state index is 12.1. The fourth-order valence-corrected chi connectivity index (χ4v) is 2.84. The van der Waals surface area contributed by atoms with Gasteiger partial charge in [-0.2, -0.15) is 0 Å². The Balaban J connectivity index is 1.50. The lowest BCUT2D eigenvalue weighted by atomic mass is 10.1. The molecular formula is C23H25N3O3. The molecule has 1 heterocycles. The van der Waals surface area contributed by atoms with Crippen LogP contribution in [0.5, 0.6) is 17.5 Å². The fourth-order valence-electron chi connectivity index (χ4n) is 2.84. The van der Waals surface area contributed by atoms with E-state index in [0.717, 1.165) is 24.2 Å². The molecule has 0 spiro atoms. The van der Waals surface area contributed by atoms with Gasteiger partial charge in [0.05, 0.1) is 0 Å². The second-order valence-electron chi connectivity index (χ2n) is 6.79. The Kier molecular flexibility index (Phi) is 6.79. The average molecular weight is 391 g/mol. The van der Waals surface area contributed by atoms with Crippen LogP contribution in [0.25, 0.3) is 0 Å². The van der Waals surface area contributed by atoms with Crippen LogP contribution in [0.3, 0.4) is 0 Å². The summed E-state index contributed by atoms with van der Waals surface area (Å²) in [6.45, 7) is 5.87. The number of ether oxygens (including phenoxy) is 2. The summed E-state index contributed by atoms with van der Waals surface area (Å²) < 4.78 is 11.2. The predicted octanol–water partition coefficient (Wildman–Crippen LogP) is 4.86. The normalized spacial score (nSPS) is 10.4. The lowest BCUT2D eigenvalue weighted by Gasteiger charge is -2.09. The summed E-state index contributed by atoms with van der Waals surface area (Å²) in [5, 5.41) is 2.80. The molecule has 3 aromatic rings. The van der Waals surface area contributed by atoms with Gasteiger partial charge < -0.3 is 14.8 Å². The smallest absolute Gasteiger partial charge is 0.322 e. The molecule has 0 saturated heterocycles. The molecule has 3 rings (SSSR count). The van der Waals surface area contributed by atoms with E-state index in [4.69, 9.17) is 9.47 Å². The highest BCUT2D eigenvalue weighted by atomic mass is 16.5. The van der Waals surface area contributed by atoms with Gasteiger partial charge in [-0.25, -0.2) is 9.97 Å². The largest absolute Gasteiger partial charge is 0.484 e. The number of nitrogens with one attached hydrogen (secondary N) is 1. The Bertz CT molecular complexity index is 934. The number of hydrogen-bond acceptors (Lipinski definition) is 5. The summed E-state index contributed by atoms with van der Waals surface area (Å²) in [7, 11) is 0. The van der Waals surface area contributed by atoms with Crippen LogP contribution in [-0.4, -0.2) is 22.5 Å². The highest BCUT2D eigenvalue weighted by Gasteiger charge is 2.06. The predicted molar refractivity (Wildman–Crippen MR) is 113 cm³/mol. The molecule has 2 aromatic carbocycles. The molecule has 0 aliphatic carbocycles. The first-order valence-corrected chi connectivity index (χ1v) is 9.63. The Morgan fingerprint density at radius 1 is 0.931 bits per heavy atom. The number of aryl methyl sites for hydroxylation is 3. The number of nitrogens with zero attached hydrogens (tertiary/aromatic N) is 2. The molecule has 6 heteroatoms. The quantitative estimate of drug-likeness (QED) is 0.594. The lowest BCUT2D eigenvalue weighted by Crippen LogP contribution is -2.20. The summed E-state index contributed by atoms with van der Waals surface area (Å²) in [4.78, 5) is 20.6. The van der Waals surface area contributed by atoms with Gasteiger partial charge in [-0.3, -0.25) is 4.79 Å². The van der Waals surface area contributed by atoms with E-state index in [1.54, 1.807) is 24.3 Å². The lowest BCUT2D eigenvalue weighted by molar-refractivity contribution is -0.118. The van der Waals surface area contributed by atoms with Gasteiger partial charge in [0.1, 0.15) is 11.5 Å². The van der Waals surface area contributed by atoms with Crippen molar-refractivity contribution in [1.29, 1.82) is 0 Å². The maximum Gasteiger partial charge on any atom is 0.322 e. The van der Waals surface area contributed by atoms with Gasteiger partial charge in [0, 0.05) is 17.1 Å². The zero-order valence-electron chi connectivity index (χ0n) is 16.9. The van der Waals surface area contributed by atoms with E-state index in [1.165, 1.54) is 5.56 Å². The Morgan fingerprint density at radius 3 is 2.17 bits per heavy atom. The first kappa shape index (κ1) is 20.3. The molecule has 0 unspecified atom stereocenters. The SMILES string of the molecule is CCCc1ccc(OCC(=O)Nc2ccc(Oc3nc(C)cc(C)n3)cc2)cc1. The van der Waals surface area contributed by atoms with E-state index in [9.17, 15) is 4.79 Å². The van der Waals surface area contributed by atoms with Crippen molar-refractivity contribution < 1.29 is 14.3 Å². The Morgan fingerprint density at radius 2 is 1.55 bits per heavy atom. The summed E-state index contributed by atoms with van der Waals surface area (Å²) >= 11 is 0. The van der Waals surface area contributed by atoms with Crippen LogP contribution in [-0.2, 0) is 11.2 Å². The molecule has 0 saturated carbocycles. The fraction of sp³-hybridized carbons (Fsp3) is 0.261. The van der Waals surface area contributed by atoms with Gasteiger partial charge in [0.25, 0.3) is 5.91 Å². The van der Waals surface area contributed by atoms with E-state index in [-0.39, 0.29) is 12.5 Å². The third-order valence-electron chi connectivity index (χ3n) is 4.14. The molecule has 29 heavy (non-hydrogen) atoms. The summed E-state index contributed by atoms with van der Waals surface area (Å²) in [5.41, 5.74) is 3.61. The van der Waals surface area contributed by atoms with E-state index in [1.807, 2.05) is 44.2 Å². The van der Waals surface area contributed by atoms with Crippen LogP contribution in [0.4, 0.5) is 5.69 Å². The number of benzene rings is 2. The topological polar surface area (TPSA) is 73.3 Å². The van der Waals surface area contributed by atoms with Gasteiger partial charge in [0.15, 0.2) is 6.61 Å². The summed E-state index contributed by atoms with van der Waals surface area (Å²) in [5.74, 6) is 1.04. The van der Waals surface area contributed by atoms with Crippen LogP contribution < -0.4 is 14.8 Å². The van der Waals surface area contributed by atoms with Crippen LogP contribution in [0.2, 0.25) is 0 Å². The van der Waals surface area contributed by atoms with Crippen molar-refractivity contribution >= 4 is 11.6 Å². The van der Waals surface area contributed by atoms with Crippen molar-refractivity contribution in [3.63, 3.8) is 0 Å². The minimum Gasteiger partial charge on any atom is -0.484 e. The number of carbonyl (C=O) groups is 1. The second kappa shape index (κ2) is 9.68. The van der Waals surface area contributed by atoms with Crippen molar-refractivity contribution in [3.8, 4) is 17.5 Å². The maximum absolute atomic E-state index is 12.1. The Hall–Kier alpha value is -3.41. The molecule has 0 bridgehead atoms. The molecule has 0 radical (unpaired) electrons. The van der Waals surface area contributed by atoms with Crippen molar-refractivity contribution in [1.82, 2.24) is 9.97 Å². The van der Waals surface area contributed by atoms with Crippen LogP contribution >= 0.6 is 0 Å². The molecule has 0 fully saturated rings. The molecule has 1 N–H and O–H groups in total. The first-order chi connectivity index (χ1) is 14.0. The van der Waals surface area contributed by atoms with Gasteiger partial charge in [-0.1, -0.05) is 25.5 Å². The van der Waals surface area contributed by atoms with E-state index in [0.29, 0.717) is 23.2 Å². The molecule has 1 amide bonds. The van der Waals surface area contributed by atoms with Crippen molar-refractivity contribution in [2.24, 2.45) is 0 Å². The van der Waals surface area contributed by atoms with Crippen LogP contribution in [0.15, 0.2) is 54.6 Å². The monoisotopic (exact) mass is 391 g/mol. The number of hydrogen-bond donors (Lipinski definition) is 1. The third-order valence-corrected chi connectivity index (χ3v) is 4.14. The highest BCUT2D eigenvalue weighted by molar-refractivity contribution is 5.91. The Labute approximate surface area is 170 Å². The van der Waals surface area contributed by atoms with Gasteiger partial charge in [-0.15, -0.1) is 0 Å². The van der Waals surface area contributed by atoms with Gasteiger partial charge >= 0.3 is 6.01 Å². The highest BCUT2D eigenvalue weighted by Crippen LogP contribution is 2.21. The average Bonchev–Trinajstić information content (AvgIpc) is 2.68. The molecule has 1 aromatic heterocycles. The first-order valence-electron chi connectivity index (χ1n) is 9.63. The number of aromatic nitrogens is 2. The minimum absolute atomic E-state index is 0.0538. The third kappa shape index (κ3) is 6.31. The molecule has 150 valence electrons. The number of carbonyl (C=O) groups excluding carboxylic acids is 1. The second-order valence-corrected chi connectivity index (χ2v) is 6.79. The number of amides is 1. The molecule has 0 aliphatic heterocycles. The molecular weight excluding hydrogens is 366 g/mol. The van der Waals surface area contributed by atoms with E-state index < -0.39 is 0 Å². The van der Waals surface area contributed by atoms with Crippen molar-refractivity contribution in [2.75, 3.05) is 11.9 Å². The van der Waals surface area contributed by atoms with E-state index in [2.05, 4.69) is 22.2 Å². The van der Waals surface area contributed by atoms with Gasteiger partial charge in [0.2, 0.25) is 0 Å². The number of rotatable bonds is 8. The zero-order valence-corrected chi connectivity index (χ0v) is 16.9. The van der Waals surface area contributed by atoms with E-state index >= 15 is 0 Å². The van der Waals surface area contributed by atoms with Gasteiger partial charge in [-0.05, 0) is 68.3 Å². The number of anilines is 1. The summed E-state index contributed by atoms with van der Waals surface area (Å²) in [6.07, 6.45) is 2.14.